The molecule has 2 atom stereocenters. The molecule has 0 spiro atoms. The van der Waals surface area contributed by atoms with Crippen molar-refractivity contribution in [1.82, 2.24) is 15.2 Å². The smallest absolute Gasteiger partial charge is 0.332 e. The fourth-order valence-corrected chi connectivity index (χ4v) is 6.47. The minimum Gasteiger partial charge on any atom is -0.356 e. The number of hydrogen-bond acceptors (Lipinski definition) is 3. The zero-order valence-corrected chi connectivity index (χ0v) is 23.6. The number of carbonyl (C=O) groups excluding carboxylic acids is 3. The molecule has 4 amide bonds. The molecule has 214 valence electrons. The largest absolute Gasteiger partial charge is 0.356 e. The summed E-state index contributed by atoms with van der Waals surface area (Å²) in [6, 6.07) is 25.8. The van der Waals surface area contributed by atoms with Gasteiger partial charge in [0.2, 0.25) is 0 Å². The number of hydrogen-bond donors (Lipinski definition) is 2. The van der Waals surface area contributed by atoms with E-state index in [2.05, 4.69) is 10.3 Å². The van der Waals surface area contributed by atoms with Crippen LogP contribution in [-0.2, 0) is 17.6 Å². The Morgan fingerprint density at radius 3 is 2.53 bits per heavy atom. The predicted octanol–water partition coefficient (Wildman–Crippen LogP) is 6.42. The number of anilines is 1. The highest BCUT2D eigenvalue weighted by Crippen LogP contribution is 2.45. The Balaban J connectivity index is 1.23. The van der Waals surface area contributed by atoms with E-state index in [1.165, 1.54) is 12.1 Å². The first-order valence-electron chi connectivity index (χ1n) is 14.0. The number of benzene rings is 4. The van der Waals surface area contributed by atoms with Crippen molar-refractivity contribution in [2.45, 2.75) is 24.9 Å². The fraction of sp³-hybridized carbons (Fsp3) is 0.147. The maximum absolute atomic E-state index is 14.2. The Morgan fingerprint density at radius 2 is 1.72 bits per heavy atom. The van der Waals surface area contributed by atoms with Gasteiger partial charge in [0.1, 0.15) is 17.9 Å². The minimum atomic E-state index is -0.798. The molecular formula is C34H26ClFN4O3. The first-order valence-corrected chi connectivity index (χ1v) is 14.4. The molecule has 1 aromatic heterocycles. The summed E-state index contributed by atoms with van der Waals surface area (Å²) in [7, 11) is 0. The van der Waals surface area contributed by atoms with Crippen molar-refractivity contribution in [3.63, 3.8) is 0 Å². The van der Waals surface area contributed by atoms with Crippen molar-refractivity contribution in [3.05, 3.63) is 136 Å². The van der Waals surface area contributed by atoms with Crippen LogP contribution in [0.2, 0.25) is 5.02 Å². The van der Waals surface area contributed by atoms with E-state index in [0.29, 0.717) is 30.0 Å². The standard InChI is InChI=1S/C34H26ClFN4O3/c35-22-7-5-6-20(18-22)16-17-37-32(41)25-9-2-4-11-28(25)40-33(42)29-19-26-24-8-1-3-10-27(24)38-30(26)31(39(29)34(40)43)21-12-14-23(36)15-13-21/h1-15,18,29,31,38H,16-17,19H2,(H,37,41)/t29-,31+/m0/s1. The Labute approximate surface area is 251 Å². The van der Waals surface area contributed by atoms with E-state index in [1.54, 1.807) is 47.4 Å². The molecule has 0 aliphatic carbocycles. The number of fused-ring (bicyclic) bond motifs is 4. The van der Waals surface area contributed by atoms with Crippen molar-refractivity contribution < 1.29 is 18.8 Å². The maximum atomic E-state index is 14.2. The lowest BCUT2D eigenvalue weighted by Gasteiger charge is -2.36. The van der Waals surface area contributed by atoms with Gasteiger partial charge in [0, 0.05) is 34.6 Å². The van der Waals surface area contributed by atoms with E-state index in [9.17, 15) is 18.8 Å². The number of amides is 4. The van der Waals surface area contributed by atoms with Crippen LogP contribution < -0.4 is 10.2 Å². The number of carbonyl (C=O) groups is 3. The van der Waals surface area contributed by atoms with Crippen LogP contribution in [0.4, 0.5) is 14.9 Å². The summed E-state index contributed by atoms with van der Waals surface area (Å²) in [5.41, 5.74) is 4.73. The average Bonchev–Trinajstić information content (AvgIpc) is 3.50. The van der Waals surface area contributed by atoms with Crippen molar-refractivity contribution in [2.75, 3.05) is 11.4 Å². The molecule has 3 heterocycles. The van der Waals surface area contributed by atoms with Crippen LogP contribution in [0.3, 0.4) is 0 Å². The number of aromatic amines is 1. The second-order valence-electron chi connectivity index (χ2n) is 10.8. The molecule has 9 heteroatoms. The van der Waals surface area contributed by atoms with E-state index in [4.69, 9.17) is 11.6 Å². The van der Waals surface area contributed by atoms with Crippen LogP contribution in [-0.4, -0.2) is 40.3 Å². The summed E-state index contributed by atoms with van der Waals surface area (Å²) in [6.45, 7) is 0.346. The van der Waals surface area contributed by atoms with Crippen LogP contribution in [0, 0.1) is 5.82 Å². The number of urea groups is 1. The summed E-state index contributed by atoms with van der Waals surface area (Å²) in [5, 5.41) is 4.50. The monoisotopic (exact) mass is 592 g/mol. The zero-order chi connectivity index (χ0) is 29.7. The van der Waals surface area contributed by atoms with E-state index in [-0.39, 0.29) is 11.3 Å². The molecule has 4 aromatic carbocycles. The van der Waals surface area contributed by atoms with Crippen molar-refractivity contribution in [1.29, 1.82) is 0 Å². The van der Waals surface area contributed by atoms with Crippen molar-refractivity contribution in [3.8, 4) is 0 Å². The highest BCUT2D eigenvalue weighted by Gasteiger charge is 2.53. The van der Waals surface area contributed by atoms with E-state index < -0.39 is 35.7 Å². The summed E-state index contributed by atoms with van der Waals surface area (Å²) in [4.78, 5) is 47.8. The van der Waals surface area contributed by atoms with Gasteiger partial charge < -0.3 is 10.3 Å². The molecule has 7 rings (SSSR count). The molecule has 0 radical (unpaired) electrons. The highest BCUT2D eigenvalue weighted by atomic mass is 35.5. The number of nitrogens with one attached hydrogen (secondary N) is 2. The Hall–Kier alpha value is -4.95. The van der Waals surface area contributed by atoms with Crippen LogP contribution >= 0.6 is 11.6 Å². The van der Waals surface area contributed by atoms with Crippen LogP contribution in [0.15, 0.2) is 97.1 Å². The van der Waals surface area contributed by atoms with Crippen LogP contribution in [0.25, 0.3) is 10.9 Å². The van der Waals surface area contributed by atoms with Gasteiger partial charge in [-0.1, -0.05) is 66.2 Å². The van der Waals surface area contributed by atoms with E-state index in [1.807, 2.05) is 42.5 Å². The molecule has 1 saturated heterocycles. The number of H-pyrrole nitrogens is 1. The second-order valence-corrected chi connectivity index (χ2v) is 11.2. The molecule has 0 bridgehead atoms. The van der Waals surface area contributed by atoms with Crippen molar-refractivity contribution in [2.24, 2.45) is 0 Å². The van der Waals surface area contributed by atoms with Crippen LogP contribution in [0.1, 0.15) is 38.8 Å². The molecule has 5 aromatic rings. The van der Waals surface area contributed by atoms with Gasteiger partial charge in [-0.05, 0) is 65.6 Å². The van der Waals surface area contributed by atoms with Gasteiger partial charge in [0.25, 0.3) is 11.8 Å². The number of nitrogens with zero attached hydrogens (tertiary/aromatic N) is 2. The zero-order valence-electron chi connectivity index (χ0n) is 22.9. The van der Waals surface area contributed by atoms with Gasteiger partial charge in [0.15, 0.2) is 0 Å². The summed E-state index contributed by atoms with van der Waals surface area (Å²) in [6.07, 6.45) is 0.878. The fourth-order valence-electron chi connectivity index (χ4n) is 6.26. The Morgan fingerprint density at radius 1 is 0.953 bits per heavy atom. The minimum absolute atomic E-state index is 0.220. The number of halogens is 2. The third-order valence-corrected chi connectivity index (χ3v) is 8.45. The number of rotatable bonds is 6. The Kier molecular flexibility index (Phi) is 6.70. The van der Waals surface area contributed by atoms with Gasteiger partial charge in [-0.25, -0.2) is 14.1 Å². The van der Waals surface area contributed by atoms with Gasteiger partial charge >= 0.3 is 6.03 Å². The third kappa shape index (κ3) is 4.64. The lowest BCUT2D eigenvalue weighted by molar-refractivity contribution is -0.120. The number of aromatic nitrogens is 1. The van der Waals surface area contributed by atoms with Gasteiger partial charge in [-0.15, -0.1) is 0 Å². The summed E-state index contributed by atoms with van der Waals surface area (Å²) >= 11 is 6.08. The molecule has 0 saturated carbocycles. The van der Waals surface area contributed by atoms with Gasteiger partial charge in [-0.3, -0.25) is 14.5 Å². The quantitative estimate of drug-likeness (QED) is 0.223. The Bertz CT molecular complexity index is 1900. The average molecular weight is 593 g/mol. The van der Waals surface area contributed by atoms with Crippen LogP contribution in [0.5, 0.6) is 0 Å². The molecular weight excluding hydrogens is 567 g/mol. The van der Waals surface area contributed by atoms with Gasteiger partial charge in [0.05, 0.1) is 11.3 Å². The summed E-state index contributed by atoms with van der Waals surface area (Å²) < 4.78 is 13.9. The first-order chi connectivity index (χ1) is 20.9. The summed E-state index contributed by atoms with van der Waals surface area (Å²) in [5.74, 6) is -1.20. The van der Waals surface area contributed by atoms with Gasteiger partial charge in [-0.2, -0.15) is 0 Å². The first kappa shape index (κ1) is 26.9. The topological polar surface area (TPSA) is 85.5 Å². The number of para-hydroxylation sites is 2. The lowest BCUT2D eigenvalue weighted by atomic mass is 9.89. The molecule has 2 N–H and O–H groups in total. The van der Waals surface area contributed by atoms with E-state index >= 15 is 0 Å². The highest BCUT2D eigenvalue weighted by molar-refractivity contribution is 6.30. The molecule has 43 heavy (non-hydrogen) atoms. The second kappa shape index (κ2) is 10.7. The normalized spacial score (nSPS) is 17.7. The molecule has 7 nitrogen and oxygen atoms in total. The molecule has 2 aliphatic heterocycles. The molecule has 0 unspecified atom stereocenters. The van der Waals surface area contributed by atoms with E-state index in [0.717, 1.165) is 32.6 Å². The number of imide groups is 1. The predicted molar refractivity (Wildman–Crippen MR) is 163 cm³/mol. The lowest BCUT2D eigenvalue weighted by Crippen LogP contribution is -2.44. The SMILES string of the molecule is O=C(NCCc1cccc(Cl)c1)c1ccccc1N1C(=O)[C@@H]2Cc3c([nH]c4ccccc34)[C@@H](c3ccc(F)cc3)N2C1=O. The molecule has 1 fully saturated rings. The maximum Gasteiger partial charge on any atom is 0.332 e. The third-order valence-electron chi connectivity index (χ3n) is 8.21. The van der Waals surface area contributed by atoms with Crippen molar-refractivity contribution >= 4 is 46.0 Å². The molecule has 2 aliphatic rings.